The second kappa shape index (κ2) is 8.10. The molecule has 0 fully saturated rings. The highest BCUT2D eigenvalue weighted by molar-refractivity contribution is 4.89. The van der Waals surface area contributed by atoms with Gasteiger partial charge in [-0.05, 0) is 23.8 Å². The van der Waals surface area contributed by atoms with Gasteiger partial charge in [-0.25, -0.2) is 4.68 Å². The van der Waals surface area contributed by atoms with E-state index >= 15 is 0 Å². The number of nitrogens with zero attached hydrogens (tertiary/aromatic N) is 4. The quantitative estimate of drug-likeness (QED) is 0.616. The van der Waals surface area contributed by atoms with E-state index in [1.165, 1.54) is 0 Å². The number of rotatable bonds is 9. The zero-order valence-electron chi connectivity index (χ0n) is 10.7. The minimum atomic E-state index is 0.114. The molecule has 1 heterocycles. The van der Waals surface area contributed by atoms with Crippen molar-refractivity contribution in [2.75, 3.05) is 34.0 Å². The lowest BCUT2D eigenvalue weighted by Crippen LogP contribution is -2.26. The predicted molar refractivity (Wildman–Crippen MR) is 62.6 cm³/mol. The molecule has 0 aliphatic rings. The maximum Gasteiger partial charge on any atom is 0.167 e. The summed E-state index contributed by atoms with van der Waals surface area (Å²) in [6.45, 7) is 4.98. The topological polar surface area (TPSA) is 74.1 Å². The molecule has 98 valence electrons. The maximum atomic E-state index is 5.01. The molecule has 17 heavy (non-hydrogen) atoms. The van der Waals surface area contributed by atoms with Gasteiger partial charge in [-0.15, -0.1) is 5.10 Å². The van der Waals surface area contributed by atoms with Gasteiger partial charge < -0.3 is 14.8 Å². The normalized spacial score (nSPS) is 12.9. The minimum absolute atomic E-state index is 0.114. The highest BCUT2D eigenvalue weighted by Crippen LogP contribution is 2.07. The van der Waals surface area contributed by atoms with Crippen molar-refractivity contribution in [3.8, 4) is 0 Å². The first-order chi connectivity index (χ1) is 8.29. The Balaban J connectivity index is 2.43. The van der Waals surface area contributed by atoms with Crippen LogP contribution in [0.2, 0.25) is 0 Å². The molecule has 0 spiro atoms. The van der Waals surface area contributed by atoms with Gasteiger partial charge in [-0.2, -0.15) is 0 Å². The van der Waals surface area contributed by atoms with Crippen molar-refractivity contribution >= 4 is 0 Å². The third-order valence-electron chi connectivity index (χ3n) is 2.42. The summed E-state index contributed by atoms with van der Waals surface area (Å²) in [6, 6.07) is 0.114. The van der Waals surface area contributed by atoms with Gasteiger partial charge in [0.15, 0.2) is 5.82 Å². The van der Waals surface area contributed by atoms with Crippen LogP contribution in [-0.4, -0.2) is 54.2 Å². The molecule has 7 nitrogen and oxygen atoms in total. The van der Waals surface area contributed by atoms with Gasteiger partial charge in [0.25, 0.3) is 0 Å². The molecule has 1 rings (SSSR count). The summed E-state index contributed by atoms with van der Waals surface area (Å²) in [6.07, 6.45) is 0.902. The molecule has 1 atom stereocenters. The summed E-state index contributed by atoms with van der Waals surface area (Å²) in [7, 11) is 3.37. The maximum absolute atomic E-state index is 5.01. The SMILES string of the molecule is COCCCn1nnnc1C(C)NCCOC. The van der Waals surface area contributed by atoms with E-state index < -0.39 is 0 Å². The third kappa shape index (κ3) is 4.76. The summed E-state index contributed by atoms with van der Waals surface area (Å²) in [5, 5.41) is 15.0. The van der Waals surface area contributed by atoms with Crippen molar-refractivity contribution in [3.05, 3.63) is 5.82 Å². The smallest absolute Gasteiger partial charge is 0.167 e. The van der Waals surface area contributed by atoms with Crippen LogP contribution >= 0.6 is 0 Å². The fourth-order valence-electron chi connectivity index (χ4n) is 1.51. The van der Waals surface area contributed by atoms with E-state index in [4.69, 9.17) is 9.47 Å². The predicted octanol–water partition coefficient (Wildman–Crippen LogP) is 0.00660. The zero-order valence-corrected chi connectivity index (χ0v) is 10.7. The summed E-state index contributed by atoms with van der Waals surface area (Å²) >= 11 is 0. The standard InChI is InChI=1S/C10H21N5O2/c1-9(11-5-8-17-3)10-12-13-14-15(10)6-4-7-16-2/h9,11H,4-8H2,1-3H3. The number of methoxy groups -OCH3 is 2. The van der Waals surface area contributed by atoms with Crippen LogP contribution in [0.5, 0.6) is 0 Å². The number of aryl methyl sites for hydroxylation is 1. The van der Waals surface area contributed by atoms with E-state index in [1.807, 2.05) is 11.6 Å². The van der Waals surface area contributed by atoms with Crippen molar-refractivity contribution in [1.29, 1.82) is 0 Å². The van der Waals surface area contributed by atoms with Crippen molar-refractivity contribution in [3.63, 3.8) is 0 Å². The van der Waals surface area contributed by atoms with E-state index in [0.29, 0.717) is 13.2 Å². The highest BCUT2D eigenvalue weighted by atomic mass is 16.5. The molecule has 1 N–H and O–H groups in total. The first-order valence-electron chi connectivity index (χ1n) is 5.77. The van der Waals surface area contributed by atoms with Gasteiger partial charge in [0.1, 0.15) is 0 Å². The van der Waals surface area contributed by atoms with Crippen LogP contribution in [0.15, 0.2) is 0 Å². The van der Waals surface area contributed by atoms with E-state index in [1.54, 1.807) is 14.2 Å². The summed E-state index contributed by atoms with van der Waals surface area (Å²) < 4.78 is 11.8. The Morgan fingerprint density at radius 3 is 2.76 bits per heavy atom. The number of hydrogen-bond acceptors (Lipinski definition) is 6. The highest BCUT2D eigenvalue weighted by Gasteiger charge is 2.13. The molecule has 0 saturated heterocycles. The largest absolute Gasteiger partial charge is 0.385 e. The van der Waals surface area contributed by atoms with E-state index in [0.717, 1.165) is 25.3 Å². The van der Waals surface area contributed by atoms with Gasteiger partial charge >= 0.3 is 0 Å². The van der Waals surface area contributed by atoms with Crippen molar-refractivity contribution in [1.82, 2.24) is 25.5 Å². The molecule has 0 aliphatic carbocycles. The Kier molecular flexibility index (Phi) is 6.68. The summed E-state index contributed by atoms with van der Waals surface area (Å²) in [4.78, 5) is 0. The fraction of sp³-hybridized carbons (Fsp3) is 0.900. The lowest BCUT2D eigenvalue weighted by atomic mass is 10.3. The average Bonchev–Trinajstić information content (AvgIpc) is 2.78. The molecule has 0 radical (unpaired) electrons. The number of aromatic nitrogens is 4. The van der Waals surface area contributed by atoms with E-state index in [-0.39, 0.29) is 6.04 Å². The Hall–Kier alpha value is -1.05. The third-order valence-corrected chi connectivity index (χ3v) is 2.42. The molecular formula is C10H21N5O2. The lowest BCUT2D eigenvalue weighted by Gasteiger charge is -2.13. The van der Waals surface area contributed by atoms with Crippen LogP contribution in [0, 0.1) is 0 Å². The molecular weight excluding hydrogens is 222 g/mol. The van der Waals surface area contributed by atoms with Crippen LogP contribution in [0.3, 0.4) is 0 Å². The zero-order chi connectivity index (χ0) is 12.5. The minimum Gasteiger partial charge on any atom is -0.385 e. The number of nitrogens with one attached hydrogen (secondary N) is 1. The molecule has 7 heteroatoms. The fourth-order valence-corrected chi connectivity index (χ4v) is 1.51. The number of tetrazole rings is 1. The van der Waals surface area contributed by atoms with Gasteiger partial charge in [0, 0.05) is 33.9 Å². The molecule has 0 aromatic carbocycles. The van der Waals surface area contributed by atoms with Gasteiger partial charge in [-0.3, -0.25) is 0 Å². The van der Waals surface area contributed by atoms with Crippen LogP contribution in [0.25, 0.3) is 0 Å². The Labute approximate surface area is 101 Å². The van der Waals surface area contributed by atoms with Gasteiger partial charge in [-0.1, -0.05) is 0 Å². The van der Waals surface area contributed by atoms with Crippen molar-refractivity contribution < 1.29 is 9.47 Å². The second-order valence-electron chi connectivity index (χ2n) is 3.78. The second-order valence-corrected chi connectivity index (χ2v) is 3.78. The number of hydrogen-bond donors (Lipinski definition) is 1. The molecule has 0 aliphatic heterocycles. The van der Waals surface area contributed by atoms with Crippen LogP contribution < -0.4 is 5.32 Å². The molecule has 0 saturated carbocycles. The van der Waals surface area contributed by atoms with Crippen molar-refractivity contribution in [2.45, 2.75) is 25.9 Å². The first-order valence-corrected chi connectivity index (χ1v) is 5.77. The summed E-state index contributed by atoms with van der Waals surface area (Å²) in [5.41, 5.74) is 0. The summed E-state index contributed by atoms with van der Waals surface area (Å²) in [5.74, 6) is 0.845. The average molecular weight is 243 g/mol. The molecule has 1 unspecified atom stereocenters. The number of ether oxygens (including phenoxy) is 2. The molecule has 1 aromatic heterocycles. The monoisotopic (exact) mass is 243 g/mol. The lowest BCUT2D eigenvalue weighted by molar-refractivity contribution is 0.187. The molecule has 1 aromatic rings. The molecule has 0 bridgehead atoms. The van der Waals surface area contributed by atoms with Crippen LogP contribution in [0.1, 0.15) is 25.2 Å². The Morgan fingerprint density at radius 1 is 1.29 bits per heavy atom. The van der Waals surface area contributed by atoms with Gasteiger partial charge in [0.2, 0.25) is 0 Å². The Morgan fingerprint density at radius 2 is 2.06 bits per heavy atom. The van der Waals surface area contributed by atoms with E-state index in [2.05, 4.69) is 20.8 Å². The van der Waals surface area contributed by atoms with Gasteiger partial charge in [0.05, 0.1) is 12.6 Å². The van der Waals surface area contributed by atoms with Crippen molar-refractivity contribution in [2.24, 2.45) is 0 Å². The van der Waals surface area contributed by atoms with Crippen LogP contribution in [-0.2, 0) is 16.0 Å². The first kappa shape index (κ1) is 14.0. The Bertz CT molecular complexity index is 305. The van der Waals surface area contributed by atoms with Crippen LogP contribution in [0.4, 0.5) is 0 Å². The van der Waals surface area contributed by atoms with E-state index in [9.17, 15) is 0 Å². The molecule has 0 amide bonds.